The van der Waals surface area contributed by atoms with Crippen LogP contribution in [0.3, 0.4) is 0 Å². The van der Waals surface area contributed by atoms with Gasteiger partial charge in [0.2, 0.25) is 0 Å². The summed E-state index contributed by atoms with van der Waals surface area (Å²) in [5.74, 6) is -0.538. The Morgan fingerprint density at radius 1 is 1.53 bits per heavy atom. The van der Waals surface area contributed by atoms with E-state index in [2.05, 4.69) is 0 Å². The van der Waals surface area contributed by atoms with Crippen LogP contribution in [0.2, 0.25) is 0 Å². The van der Waals surface area contributed by atoms with Crippen molar-refractivity contribution in [1.29, 1.82) is 0 Å². The number of nitrogens with zero attached hydrogens (tertiary/aromatic N) is 1. The van der Waals surface area contributed by atoms with Crippen LogP contribution in [0.1, 0.15) is 18.6 Å². The van der Waals surface area contributed by atoms with E-state index in [1.807, 2.05) is 0 Å². The number of aliphatic hydroxyl groups excluding tert-OH is 1. The fraction of sp³-hybridized carbons (Fsp3) is 0.364. The molecule has 1 rings (SSSR count). The summed E-state index contributed by atoms with van der Waals surface area (Å²) in [6, 6.07) is 2.38. The van der Waals surface area contributed by atoms with Gasteiger partial charge in [0.25, 0.3) is 11.6 Å². The lowest BCUT2D eigenvalue weighted by molar-refractivity contribution is -0.386. The highest BCUT2D eigenvalue weighted by atomic mass is 16.6. The SMILES string of the molecule is COc1cc(C(C)O)c([N+](=O)[O-])cc1OCC(N)=O. The van der Waals surface area contributed by atoms with Crippen LogP contribution in [0.4, 0.5) is 5.69 Å². The van der Waals surface area contributed by atoms with E-state index in [-0.39, 0.29) is 22.7 Å². The second-order valence-electron chi connectivity index (χ2n) is 3.75. The normalized spacial score (nSPS) is 11.7. The summed E-state index contributed by atoms with van der Waals surface area (Å²) < 4.78 is 10.0. The minimum atomic E-state index is -1.04. The summed E-state index contributed by atoms with van der Waals surface area (Å²) >= 11 is 0. The van der Waals surface area contributed by atoms with E-state index in [9.17, 15) is 20.0 Å². The molecule has 3 N–H and O–H groups in total. The smallest absolute Gasteiger partial charge is 0.279 e. The van der Waals surface area contributed by atoms with Gasteiger partial charge in [-0.3, -0.25) is 14.9 Å². The molecule has 1 aromatic rings. The first kappa shape index (κ1) is 14.7. The molecular formula is C11H14N2O6. The Morgan fingerprint density at radius 2 is 2.16 bits per heavy atom. The van der Waals surface area contributed by atoms with Gasteiger partial charge in [-0.2, -0.15) is 0 Å². The quantitative estimate of drug-likeness (QED) is 0.573. The number of amides is 1. The van der Waals surface area contributed by atoms with Crippen LogP contribution in [0.15, 0.2) is 12.1 Å². The molecule has 0 aliphatic heterocycles. The molecule has 0 heterocycles. The van der Waals surface area contributed by atoms with Crippen LogP contribution in [-0.2, 0) is 4.79 Å². The molecule has 0 aromatic heterocycles. The van der Waals surface area contributed by atoms with E-state index in [0.717, 1.165) is 6.07 Å². The van der Waals surface area contributed by atoms with Crippen molar-refractivity contribution in [3.8, 4) is 11.5 Å². The Balaban J connectivity index is 3.27. The van der Waals surface area contributed by atoms with Gasteiger partial charge in [-0.05, 0) is 13.0 Å². The van der Waals surface area contributed by atoms with Crippen LogP contribution >= 0.6 is 0 Å². The summed E-state index contributed by atoms with van der Waals surface area (Å²) in [6.45, 7) is 0.966. The lowest BCUT2D eigenvalue weighted by atomic mass is 10.1. The molecule has 0 radical (unpaired) electrons. The van der Waals surface area contributed by atoms with Crippen molar-refractivity contribution in [2.75, 3.05) is 13.7 Å². The van der Waals surface area contributed by atoms with Gasteiger partial charge in [0.1, 0.15) is 0 Å². The monoisotopic (exact) mass is 270 g/mol. The molecule has 1 aromatic carbocycles. The molecule has 1 atom stereocenters. The van der Waals surface area contributed by atoms with Crippen molar-refractivity contribution in [2.45, 2.75) is 13.0 Å². The lowest BCUT2D eigenvalue weighted by Crippen LogP contribution is -2.20. The third-order valence-electron chi connectivity index (χ3n) is 2.33. The van der Waals surface area contributed by atoms with Gasteiger partial charge in [0.15, 0.2) is 18.1 Å². The maximum atomic E-state index is 10.9. The number of ether oxygens (including phenoxy) is 2. The van der Waals surface area contributed by atoms with Crippen LogP contribution in [0.25, 0.3) is 0 Å². The predicted molar refractivity (Wildman–Crippen MR) is 65.0 cm³/mol. The first-order chi connectivity index (χ1) is 8.86. The number of methoxy groups -OCH3 is 1. The molecule has 0 fully saturated rings. The summed E-state index contributed by atoms with van der Waals surface area (Å²) in [6.07, 6.45) is -1.04. The van der Waals surface area contributed by atoms with Gasteiger partial charge in [-0.25, -0.2) is 0 Å². The maximum Gasteiger partial charge on any atom is 0.279 e. The summed E-state index contributed by atoms with van der Waals surface area (Å²) in [4.78, 5) is 20.9. The Morgan fingerprint density at radius 3 is 2.58 bits per heavy atom. The average Bonchev–Trinajstić information content (AvgIpc) is 2.34. The van der Waals surface area contributed by atoms with E-state index in [1.165, 1.54) is 20.1 Å². The molecule has 8 nitrogen and oxygen atoms in total. The number of hydrogen-bond acceptors (Lipinski definition) is 6. The molecule has 0 saturated heterocycles. The zero-order chi connectivity index (χ0) is 14.6. The van der Waals surface area contributed by atoms with Gasteiger partial charge in [-0.1, -0.05) is 0 Å². The standard InChI is InChI=1S/C11H14N2O6/c1-6(14)7-3-9(18-2)10(19-5-11(12)15)4-8(7)13(16)17/h3-4,6,14H,5H2,1-2H3,(H2,12,15). The van der Waals surface area contributed by atoms with Crippen molar-refractivity contribution in [1.82, 2.24) is 0 Å². The molecule has 1 unspecified atom stereocenters. The molecule has 0 saturated carbocycles. The number of rotatable bonds is 6. The van der Waals surface area contributed by atoms with E-state index >= 15 is 0 Å². The highest BCUT2D eigenvalue weighted by molar-refractivity contribution is 5.75. The molecule has 8 heteroatoms. The molecular weight excluding hydrogens is 256 g/mol. The summed E-state index contributed by atoms with van der Waals surface area (Å²) in [5, 5.41) is 20.4. The molecule has 0 bridgehead atoms. The van der Waals surface area contributed by atoms with Crippen LogP contribution < -0.4 is 15.2 Å². The number of nitrogens with two attached hydrogens (primary N) is 1. The topological polar surface area (TPSA) is 125 Å². The molecule has 0 spiro atoms. The van der Waals surface area contributed by atoms with Gasteiger partial charge in [0, 0.05) is 0 Å². The Labute approximate surface area is 108 Å². The van der Waals surface area contributed by atoms with E-state index in [4.69, 9.17) is 15.2 Å². The fourth-order valence-electron chi connectivity index (χ4n) is 1.48. The number of aliphatic hydroxyl groups is 1. The molecule has 0 aliphatic carbocycles. The van der Waals surface area contributed by atoms with Crippen LogP contribution in [0, 0.1) is 10.1 Å². The van der Waals surface area contributed by atoms with Crippen molar-refractivity contribution in [2.24, 2.45) is 5.73 Å². The number of carbonyl (C=O) groups excluding carboxylic acids is 1. The van der Waals surface area contributed by atoms with Crippen molar-refractivity contribution < 1.29 is 24.3 Å². The van der Waals surface area contributed by atoms with Crippen molar-refractivity contribution >= 4 is 11.6 Å². The Kier molecular flexibility index (Phi) is 4.65. The van der Waals surface area contributed by atoms with Crippen LogP contribution in [0.5, 0.6) is 11.5 Å². The minimum absolute atomic E-state index is 0.0115. The third-order valence-corrected chi connectivity index (χ3v) is 2.33. The van der Waals surface area contributed by atoms with Crippen molar-refractivity contribution in [3.05, 3.63) is 27.8 Å². The second kappa shape index (κ2) is 6.01. The fourth-order valence-corrected chi connectivity index (χ4v) is 1.48. The third kappa shape index (κ3) is 3.55. The Hall–Kier alpha value is -2.35. The summed E-state index contributed by atoms with van der Waals surface area (Å²) in [5.41, 5.74) is 4.70. The minimum Gasteiger partial charge on any atom is -0.493 e. The molecule has 104 valence electrons. The number of primary amides is 1. The zero-order valence-corrected chi connectivity index (χ0v) is 10.5. The second-order valence-corrected chi connectivity index (χ2v) is 3.75. The highest BCUT2D eigenvalue weighted by Gasteiger charge is 2.22. The average molecular weight is 270 g/mol. The number of nitro groups is 1. The van der Waals surface area contributed by atoms with Gasteiger partial charge in [0.05, 0.1) is 29.8 Å². The number of carbonyl (C=O) groups is 1. The number of nitro benzene ring substituents is 1. The van der Waals surface area contributed by atoms with Crippen LogP contribution in [-0.4, -0.2) is 29.7 Å². The van der Waals surface area contributed by atoms with Gasteiger partial charge < -0.3 is 20.3 Å². The van der Waals surface area contributed by atoms with Gasteiger partial charge >= 0.3 is 0 Å². The molecule has 0 aliphatic rings. The first-order valence-corrected chi connectivity index (χ1v) is 5.32. The van der Waals surface area contributed by atoms with Crippen molar-refractivity contribution in [3.63, 3.8) is 0 Å². The predicted octanol–water partition coefficient (Wildman–Crippen LogP) is 0.521. The molecule has 1 amide bonds. The Bertz CT molecular complexity index is 500. The summed E-state index contributed by atoms with van der Waals surface area (Å²) in [7, 11) is 1.34. The van der Waals surface area contributed by atoms with Gasteiger partial charge in [-0.15, -0.1) is 0 Å². The maximum absolute atomic E-state index is 10.9. The van der Waals surface area contributed by atoms with E-state index < -0.39 is 23.5 Å². The number of hydrogen-bond donors (Lipinski definition) is 2. The zero-order valence-electron chi connectivity index (χ0n) is 10.5. The highest BCUT2D eigenvalue weighted by Crippen LogP contribution is 2.37. The molecule has 19 heavy (non-hydrogen) atoms. The largest absolute Gasteiger partial charge is 0.493 e. The first-order valence-electron chi connectivity index (χ1n) is 5.32. The van der Waals surface area contributed by atoms with E-state index in [1.54, 1.807) is 0 Å². The lowest BCUT2D eigenvalue weighted by Gasteiger charge is -2.13. The van der Waals surface area contributed by atoms with E-state index in [0.29, 0.717) is 0 Å². The number of benzene rings is 1.